The minimum absolute atomic E-state index is 0.362. The number of nitrogens with one attached hydrogen (secondary N) is 2. The fourth-order valence-corrected chi connectivity index (χ4v) is 2.22. The number of hydrogen-bond acceptors (Lipinski definition) is 7. The molecule has 1 saturated carbocycles. The summed E-state index contributed by atoms with van der Waals surface area (Å²) in [6, 6.07) is 1.15. The zero-order chi connectivity index (χ0) is 15.1. The Hall–Kier alpha value is -1.63. The van der Waals surface area contributed by atoms with Crippen LogP contribution in [0.2, 0.25) is 0 Å². The summed E-state index contributed by atoms with van der Waals surface area (Å²) in [4.78, 5) is 15.3. The van der Waals surface area contributed by atoms with Crippen LogP contribution in [0.4, 0.5) is 11.9 Å². The number of likely N-dealkylation sites (N-methyl/N-ethyl adjacent to an activating group) is 1. The molecule has 0 saturated heterocycles. The summed E-state index contributed by atoms with van der Waals surface area (Å²) in [6.45, 7) is 10.4. The van der Waals surface area contributed by atoms with E-state index in [0.717, 1.165) is 32.2 Å². The zero-order valence-corrected chi connectivity index (χ0v) is 13.2. The van der Waals surface area contributed by atoms with E-state index in [1.54, 1.807) is 0 Å². The summed E-state index contributed by atoms with van der Waals surface area (Å²) in [5.41, 5.74) is 0. The Labute approximate surface area is 126 Å². The summed E-state index contributed by atoms with van der Waals surface area (Å²) in [7, 11) is 0. The lowest BCUT2D eigenvalue weighted by atomic mass is 10.4. The van der Waals surface area contributed by atoms with Crippen molar-refractivity contribution in [1.29, 1.82) is 0 Å². The van der Waals surface area contributed by atoms with Gasteiger partial charge in [0.05, 0.1) is 6.61 Å². The average molecular weight is 294 g/mol. The fourth-order valence-electron chi connectivity index (χ4n) is 2.22. The van der Waals surface area contributed by atoms with Gasteiger partial charge in [-0.2, -0.15) is 15.0 Å². The van der Waals surface area contributed by atoms with Crippen molar-refractivity contribution in [2.75, 3.05) is 43.4 Å². The second-order valence-corrected chi connectivity index (χ2v) is 5.02. The molecule has 0 aromatic carbocycles. The molecule has 0 unspecified atom stereocenters. The highest BCUT2D eigenvalue weighted by atomic mass is 16.5. The molecule has 7 nitrogen and oxygen atoms in total. The normalized spacial score (nSPS) is 14.3. The first-order chi connectivity index (χ1) is 10.3. The topological polar surface area (TPSA) is 75.2 Å². The number of hydrogen-bond donors (Lipinski definition) is 2. The molecule has 1 fully saturated rings. The summed E-state index contributed by atoms with van der Waals surface area (Å²) in [6.07, 6.45) is 2.66. The highest BCUT2D eigenvalue weighted by Gasteiger charge is 2.27. The van der Waals surface area contributed by atoms with Crippen LogP contribution in [0.1, 0.15) is 33.6 Å². The molecule has 21 heavy (non-hydrogen) atoms. The van der Waals surface area contributed by atoms with Crippen LogP contribution in [-0.2, 0) is 0 Å². The monoisotopic (exact) mass is 294 g/mol. The van der Waals surface area contributed by atoms with Gasteiger partial charge < -0.3 is 15.4 Å². The Morgan fingerprint density at radius 2 is 1.81 bits per heavy atom. The molecule has 0 aliphatic heterocycles. The summed E-state index contributed by atoms with van der Waals surface area (Å²) < 4.78 is 5.38. The van der Waals surface area contributed by atoms with Gasteiger partial charge in [-0.1, -0.05) is 6.92 Å². The van der Waals surface area contributed by atoms with Gasteiger partial charge in [0, 0.05) is 25.7 Å². The largest absolute Gasteiger partial charge is 0.464 e. The van der Waals surface area contributed by atoms with Crippen molar-refractivity contribution in [2.45, 2.75) is 39.7 Å². The van der Waals surface area contributed by atoms with E-state index in [9.17, 15) is 0 Å². The zero-order valence-electron chi connectivity index (χ0n) is 13.2. The number of rotatable bonds is 10. The molecular weight excluding hydrogens is 268 g/mol. The van der Waals surface area contributed by atoms with Gasteiger partial charge >= 0.3 is 6.01 Å². The predicted molar refractivity (Wildman–Crippen MR) is 83.9 cm³/mol. The Kier molecular flexibility index (Phi) is 5.98. The molecule has 0 radical (unpaired) electrons. The minimum Gasteiger partial charge on any atom is -0.464 e. The van der Waals surface area contributed by atoms with Gasteiger partial charge in [0.25, 0.3) is 0 Å². The second kappa shape index (κ2) is 7.97. The van der Waals surface area contributed by atoms with E-state index in [4.69, 9.17) is 4.74 Å². The van der Waals surface area contributed by atoms with E-state index in [0.29, 0.717) is 24.5 Å². The SMILES string of the molecule is CCNc1nc(NCCN(CC)C2CC2)nc(OCC)n1. The molecule has 1 aliphatic carbocycles. The van der Waals surface area contributed by atoms with Crippen LogP contribution in [0.15, 0.2) is 0 Å². The third-order valence-electron chi connectivity index (χ3n) is 3.37. The van der Waals surface area contributed by atoms with E-state index in [1.165, 1.54) is 12.8 Å². The van der Waals surface area contributed by atoms with Gasteiger partial charge in [-0.05, 0) is 33.2 Å². The van der Waals surface area contributed by atoms with E-state index >= 15 is 0 Å². The van der Waals surface area contributed by atoms with E-state index in [1.807, 2.05) is 13.8 Å². The van der Waals surface area contributed by atoms with Crippen LogP contribution < -0.4 is 15.4 Å². The molecular formula is C14H26N6O. The minimum atomic E-state index is 0.362. The van der Waals surface area contributed by atoms with Crippen LogP contribution in [0, 0.1) is 0 Å². The Morgan fingerprint density at radius 3 is 2.38 bits per heavy atom. The molecule has 1 aromatic rings. The molecule has 0 bridgehead atoms. The molecule has 0 spiro atoms. The molecule has 7 heteroatoms. The van der Waals surface area contributed by atoms with Crippen molar-refractivity contribution in [2.24, 2.45) is 0 Å². The number of aromatic nitrogens is 3. The highest BCUT2D eigenvalue weighted by molar-refractivity contribution is 5.35. The maximum atomic E-state index is 5.38. The third kappa shape index (κ3) is 5.00. The molecule has 0 atom stereocenters. The lowest BCUT2D eigenvalue weighted by Gasteiger charge is -2.19. The Morgan fingerprint density at radius 1 is 1.10 bits per heavy atom. The van der Waals surface area contributed by atoms with Gasteiger partial charge in [-0.15, -0.1) is 0 Å². The van der Waals surface area contributed by atoms with E-state index < -0.39 is 0 Å². The van der Waals surface area contributed by atoms with Gasteiger partial charge in [-0.25, -0.2) is 0 Å². The summed E-state index contributed by atoms with van der Waals surface area (Å²) in [5, 5.41) is 6.36. The third-order valence-corrected chi connectivity index (χ3v) is 3.37. The number of anilines is 2. The first kappa shape index (κ1) is 15.8. The fraction of sp³-hybridized carbons (Fsp3) is 0.786. The van der Waals surface area contributed by atoms with E-state index in [2.05, 4.69) is 37.4 Å². The van der Waals surface area contributed by atoms with Crippen LogP contribution in [0.3, 0.4) is 0 Å². The molecule has 118 valence electrons. The van der Waals surface area contributed by atoms with Crippen molar-refractivity contribution in [1.82, 2.24) is 19.9 Å². The van der Waals surface area contributed by atoms with Crippen molar-refractivity contribution in [3.63, 3.8) is 0 Å². The van der Waals surface area contributed by atoms with Crippen molar-refractivity contribution in [3.8, 4) is 6.01 Å². The van der Waals surface area contributed by atoms with Gasteiger partial charge in [0.15, 0.2) is 0 Å². The van der Waals surface area contributed by atoms with E-state index in [-0.39, 0.29) is 0 Å². The average Bonchev–Trinajstić information content (AvgIpc) is 3.29. The first-order valence-electron chi connectivity index (χ1n) is 7.87. The van der Waals surface area contributed by atoms with Gasteiger partial charge in [-0.3, -0.25) is 4.90 Å². The lowest BCUT2D eigenvalue weighted by molar-refractivity contribution is 0.288. The maximum Gasteiger partial charge on any atom is 0.323 e. The molecule has 1 aromatic heterocycles. The lowest BCUT2D eigenvalue weighted by Crippen LogP contribution is -2.31. The summed E-state index contributed by atoms with van der Waals surface area (Å²) in [5.74, 6) is 1.12. The first-order valence-corrected chi connectivity index (χ1v) is 7.87. The summed E-state index contributed by atoms with van der Waals surface area (Å²) >= 11 is 0. The van der Waals surface area contributed by atoms with Crippen molar-refractivity contribution >= 4 is 11.9 Å². The highest BCUT2D eigenvalue weighted by Crippen LogP contribution is 2.25. The van der Waals surface area contributed by atoms with Crippen molar-refractivity contribution < 1.29 is 4.74 Å². The standard InChI is InChI=1S/C14H26N6O/c1-4-15-12-17-13(19-14(18-12)21-6-3)16-9-10-20(5-2)11-7-8-11/h11H,4-10H2,1-3H3,(H2,15,16,17,18,19). The number of ether oxygens (including phenoxy) is 1. The van der Waals surface area contributed by atoms with Crippen molar-refractivity contribution in [3.05, 3.63) is 0 Å². The quantitative estimate of drug-likeness (QED) is 0.679. The number of nitrogens with zero attached hydrogens (tertiary/aromatic N) is 4. The Bertz CT molecular complexity index is 413. The molecule has 1 aliphatic rings. The predicted octanol–water partition coefficient (Wildman–Crippen LogP) is 1.60. The van der Waals surface area contributed by atoms with Crippen LogP contribution in [0.5, 0.6) is 6.01 Å². The Balaban J connectivity index is 1.90. The molecule has 2 N–H and O–H groups in total. The molecule has 2 rings (SSSR count). The van der Waals surface area contributed by atoms with Gasteiger partial charge in [0.1, 0.15) is 0 Å². The maximum absolute atomic E-state index is 5.38. The van der Waals surface area contributed by atoms with Crippen LogP contribution in [0.25, 0.3) is 0 Å². The molecule has 0 amide bonds. The van der Waals surface area contributed by atoms with Crippen LogP contribution in [-0.4, -0.2) is 58.7 Å². The van der Waals surface area contributed by atoms with Gasteiger partial charge in [0.2, 0.25) is 11.9 Å². The molecule has 1 heterocycles. The smallest absolute Gasteiger partial charge is 0.323 e. The second-order valence-electron chi connectivity index (χ2n) is 5.02. The van der Waals surface area contributed by atoms with Crippen LogP contribution >= 0.6 is 0 Å².